The standard InChI is InChI=1S/C6H10N2O/c1-4-5-7-6(9)8(2)3/h5H,1H2,2-3H3,(H,7,9). The van der Waals surface area contributed by atoms with Crippen LogP contribution in [0.15, 0.2) is 18.5 Å². The molecule has 0 aromatic heterocycles. The van der Waals surface area contributed by atoms with Gasteiger partial charge in [-0.25, -0.2) is 4.79 Å². The van der Waals surface area contributed by atoms with Crippen molar-refractivity contribution in [3.05, 3.63) is 18.5 Å². The Hall–Kier alpha value is -1.21. The van der Waals surface area contributed by atoms with Gasteiger partial charge in [0.15, 0.2) is 0 Å². The van der Waals surface area contributed by atoms with Gasteiger partial charge in [0.1, 0.15) is 0 Å². The molecule has 0 aliphatic heterocycles. The van der Waals surface area contributed by atoms with Crippen LogP contribution in [0.25, 0.3) is 0 Å². The number of hydrogen-bond acceptors (Lipinski definition) is 1. The lowest BCUT2D eigenvalue weighted by molar-refractivity contribution is 0.221. The second kappa shape index (κ2) is 3.75. The Kier molecular flexibility index (Phi) is 3.25. The molecule has 0 aromatic rings. The number of carbonyl (C=O) groups excluding carboxylic acids is 1. The number of carbonyl (C=O) groups is 1. The molecule has 3 nitrogen and oxygen atoms in total. The zero-order valence-corrected chi connectivity index (χ0v) is 5.64. The average Bonchev–Trinajstić information content (AvgIpc) is 1.82. The van der Waals surface area contributed by atoms with Crippen LogP contribution in [-0.2, 0) is 0 Å². The van der Waals surface area contributed by atoms with Crippen molar-refractivity contribution in [2.24, 2.45) is 0 Å². The van der Waals surface area contributed by atoms with Crippen LogP contribution in [0.1, 0.15) is 0 Å². The molecule has 9 heavy (non-hydrogen) atoms. The smallest absolute Gasteiger partial charge is 0.321 e. The van der Waals surface area contributed by atoms with Crippen molar-refractivity contribution >= 4 is 6.03 Å². The van der Waals surface area contributed by atoms with Crippen molar-refractivity contribution in [2.75, 3.05) is 14.1 Å². The van der Waals surface area contributed by atoms with Crippen molar-refractivity contribution in [1.29, 1.82) is 0 Å². The summed E-state index contributed by atoms with van der Waals surface area (Å²) in [6.45, 7) is 3.28. The summed E-state index contributed by atoms with van der Waals surface area (Å²) in [5.74, 6) is 0. The molecule has 0 aliphatic rings. The molecule has 0 bridgehead atoms. The van der Waals surface area contributed by atoms with Crippen molar-refractivity contribution in [3.8, 4) is 0 Å². The molecule has 0 fully saturated rings. The van der Waals surface area contributed by atoms with Crippen LogP contribution in [0, 0.1) is 0 Å². The van der Waals surface area contributed by atoms with E-state index in [1.165, 1.54) is 11.1 Å². The zero-order valence-electron chi connectivity index (χ0n) is 5.64. The Bertz CT molecular complexity index is 145. The van der Waals surface area contributed by atoms with Gasteiger partial charge in [-0.2, -0.15) is 0 Å². The van der Waals surface area contributed by atoms with Crippen LogP contribution < -0.4 is 5.32 Å². The fraction of sp³-hybridized carbons (Fsp3) is 0.333. The highest BCUT2D eigenvalue weighted by molar-refractivity contribution is 5.74. The minimum atomic E-state index is -0.175. The first-order valence-corrected chi connectivity index (χ1v) is 2.50. The van der Waals surface area contributed by atoms with Crippen LogP contribution in [0.2, 0.25) is 0 Å². The van der Waals surface area contributed by atoms with Gasteiger partial charge in [0.25, 0.3) is 0 Å². The number of amides is 2. The molecule has 0 atom stereocenters. The van der Waals surface area contributed by atoms with Gasteiger partial charge in [-0.1, -0.05) is 6.58 Å². The molecule has 3 heteroatoms. The molecule has 0 rings (SSSR count). The van der Waals surface area contributed by atoms with Crippen molar-refractivity contribution < 1.29 is 4.79 Å². The number of hydrogen-bond donors (Lipinski definition) is 1. The summed E-state index contributed by atoms with van der Waals surface area (Å²) >= 11 is 0. The maximum absolute atomic E-state index is 10.6. The van der Waals surface area contributed by atoms with E-state index >= 15 is 0 Å². The topological polar surface area (TPSA) is 32.3 Å². The van der Waals surface area contributed by atoms with Crippen molar-refractivity contribution in [2.45, 2.75) is 0 Å². The first-order chi connectivity index (χ1) is 4.18. The summed E-state index contributed by atoms with van der Waals surface area (Å²) in [7, 11) is 3.32. The van der Waals surface area contributed by atoms with Gasteiger partial charge < -0.3 is 10.2 Å². The van der Waals surface area contributed by atoms with E-state index in [0.29, 0.717) is 0 Å². The summed E-state index contributed by atoms with van der Waals surface area (Å²) in [6.07, 6.45) is 1.36. The molecule has 0 heterocycles. The second-order valence-electron chi connectivity index (χ2n) is 1.69. The Morgan fingerprint density at radius 1 is 1.78 bits per heavy atom. The van der Waals surface area contributed by atoms with E-state index in [9.17, 15) is 4.79 Å². The molecule has 0 spiro atoms. The van der Waals surface area contributed by atoms with Gasteiger partial charge in [0.05, 0.1) is 0 Å². The van der Waals surface area contributed by atoms with E-state index in [4.69, 9.17) is 0 Å². The summed E-state index contributed by atoms with van der Waals surface area (Å²) in [4.78, 5) is 12.0. The highest BCUT2D eigenvalue weighted by Gasteiger charge is 1.96. The van der Waals surface area contributed by atoms with E-state index < -0.39 is 0 Å². The first-order valence-electron chi connectivity index (χ1n) is 2.50. The lowest BCUT2D eigenvalue weighted by Crippen LogP contribution is -2.30. The quantitative estimate of drug-likeness (QED) is 0.511. The number of nitrogens with one attached hydrogen (secondary N) is 1. The molecule has 2 amide bonds. The number of urea groups is 1. The van der Waals surface area contributed by atoms with E-state index in [1.807, 2.05) is 0 Å². The molecular formula is C6H10N2O. The third kappa shape index (κ3) is 3.38. The summed E-state index contributed by atoms with van der Waals surface area (Å²) < 4.78 is 0. The molecule has 50 valence electrons. The maximum atomic E-state index is 10.6. The van der Waals surface area contributed by atoms with Gasteiger partial charge in [-0.3, -0.25) is 0 Å². The van der Waals surface area contributed by atoms with Crippen LogP contribution in [-0.4, -0.2) is 25.0 Å². The van der Waals surface area contributed by atoms with Gasteiger partial charge in [0, 0.05) is 20.3 Å². The van der Waals surface area contributed by atoms with Crippen LogP contribution in [0.3, 0.4) is 0 Å². The minimum absolute atomic E-state index is 0.175. The molecule has 0 aromatic carbocycles. The Balaban J connectivity index is 3.64. The Labute approximate surface area is 54.7 Å². The van der Waals surface area contributed by atoms with Crippen molar-refractivity contribution in [3.63, 3.8) is 0 Å². The second-order valence-corrected chi connectivity index (χ2v) is 1.69. The predicted octanol–water partition coefficient (Wildman–Crippen LogP) is 0.556. The Morgan fingerprint density at radius 2 is 2.33 bits per heavy atom. The monoisotopic (exact) mass is 126 g/mol. The van der Waals surface area contributed by atoms with Crippen LogP contribution >= 0.6 is 0 Å². The van der Waals surface area contributed by atoms with Crippen molar-refractivity contribution in [1.82, 2.24) is 10.2 Å². The third-order valence-corrected chi connectivity index (χ3v) is 0.704. The zero-order chi connectivity index (χ0) is 7.28. The third-order valence-electron chi connectivity index (χ3n) is 0.704. The first kappa shape index (κ1) is 7.79. The molecule has 0 saturated carbocycles. The lowest BCUT2D eigenvalue weighted by atomic mass is 10.8. The van der Waals surface area contributed by atoms with Gasteiger partial charge >= 0.3 is 6.03 Å². The fourth-order valence-corrected chi connectivity index (χ4v) is 0.242. The Morgan fingerprint density at radius 3 is 2.67 bits per heavy atom. The molecular weight excluding hydrogens is 116 g/mol. The van der Waals surface area contributed by atoms with Gasteiger partial charge in [0.2, 0.25) is 0 Å². The van der Waals surface area contributed by atoms with E-state index in [2.05, 4.69) is 17.6 Å². The van der Waals surface area contributed by atoms with Gasteiger partial charge in [-0.15, -0.1) is 5.73 Å². The van der Waals surface area contributed by atoms with Crippen LogP contribution in [0.4, 0.5) is 4.79 Å². The summed E-state index contributed by atoms with van der Waals surface area (Å²) in [5, 5.41) is 2.42. The highest BCUT2D eigenvalue weighted by Crippen LogP contribution is 1.74. The summed E-state index contributed by atoms with van der Waals surface area (Å²) in [6, 6.07) is -0.175. The average molecular weight is 126 g/mol. The lowest BCUT2D eigenvalue weighted by Gasteiger charge is -2.07. The molecule has 0 aliphatic carbocycles. The van der Waals surface area contributed by atoms with E-state index in [-0.39, 0.29) is 6.03 Å². The van der Waals surface area contributed by atoms with Gasteiger partial charge in [-0.05, 0) is 0 Å². The number of rotatable bonds is 1. The van der Waals surface area contributed by atoms with E-state index in [0.717, 1.165) is 0 Å². The summed E-state index contributed by atoms with van der Waals surface area (Å²) in [5.41, 5.74) is 2.42. The van der Waals surface area contributed by atoms with Crippen LogP contribution in [0.5, 0.6) is 0 Å². The maximum Gasteiger partial charge on any atom is 0.321 e. The number of nitrogens with zero attached hydrogens (tertiary/aromatic N) is 1. The normalized spacial score (nSPS) is 7.33. The predicted molar refractivity (Wildman–Crippen MR) is 35.9 cm³/mol. The largest absolute Gasteiger partial charge is 0.331 e. The highest BCUT2D eigenvalue weighted by atomic mass is 16.2. The molecule has 0 radical (unpaired) electrons. The minimum Gasteiger partial charge on any atom is -0.331 e. The SMILES string of the molecule is C=C=CNC(=O)N(C)C. The molecule has 1 N–H and O–H groups in total. The molecule has 0 unspecified atom stereocenters. The van der Waals surface area contributed by atoms with E-state index in [1.54, 1.807) is 14.1 Å². The molecule has 0 saturated heterocycles. The fourth-order valence-electron chi connectivity index (χ4n) is 0.242.